The Morgan fingerprint density at radius 1 is 1.56 bits per heavy atom. The lowest BCUT2D eigenvalue weighted by atomic mass is 10.0. The Morgan fingerprint density at radius 2 is 2.00 bits per heavy atom. The number of hydrogen-bond donors (Lipinski definition) is 1. The van der Waals surface area contributed by atoms with E-state index in [0.29, 0.717) is 0 Å². The molecule has 0 amide bonds. The van der Waals surface area contributed by atoms with Crippen LogP contribution in [0.4, 0.5) is 0 Å². The molecule has 0 aromatic carbocycles. The Morgan fingerprint density at radius 3 is 2.11 bits per heavy atom. The van der Waals surface area contributed by atoms with Crippen LogP contribution >= 0.6 is 11.8 Å². The molecule has 0 aliphatic rings. The van der Waals surface area contributed by atoms with Gasteiger partial charge < -0.3 is 0 Å². The monoisotopic (exact) mass is 150 g/mol. The predicted octanol–water partition coefficient (Wildman–Crippen LogP) is 1.77. The number of nitrogens with zero attached hydrogens (tertiary/aromatic N) is 1. The molecule has 0 heterocycles. The standard InChI is InChI=1S/C6H15ClN2/c1-5-6(2,3)9(7)8-4/h8H,5H2,1-4H3. The fraction of sp³-hybridized carbons (Fsp3) is 1.00. The molecule has 0 aliphatic heterocycles. The second-order valence-corrected chi connectivity index (χ2v) is 3.01. The predicted molar refractivity (Wildman–Crippen MR) is 41.1 cm³/mol. The molecule has 0 aromatic rings. The number of nitrogens with one attached hydrogen (secondary N) is 1. The van der Waals surface area contributed by atoms with Crippen molar-refractivity contribution in [2.75, 3.05) is 7.05 Å². The summed E-state index contributed by atoms with van der Waals surface area (Å²) in [6, 6.07) is 0. The highest BCUT2D eigenvalue weighted by atomic mass is 35.5. The maximum Gasteiger partial charge on any atom is 0.0459 e. The molecule has 0 atom stereocenters. The summed E-state index contributed by atoms with van der Waals surface area (Å²) in [4.78, 5) is 0. The highest BCUT2D eigenvalue weighted by Crippen LogP contribution is 2.17. The van der Waals surface area contributed by atoms with Crippen LogP contribution in [0.25, 0.3) is 0 Å². The van der Waals surface area contributed by atoms with E-state index < -0.39 is 0 Å². The van der Waals surface area contributed by atoms with Crippen LogP contribution in [0.2, 0.25) is 0 Å². The van der Waals surface area contributed by atoms with Crippen LogP contribution < -0.4 is 5.43 Å². The van der Waals surface area contributed by atoms with Crippen molar-refractivity contribution in [3.8, 4) is 0 Å². The molecule has 0 rings (SSSR count). The van der Waals surface area contributed by atoms with Gasteiger partial charge in [-0.2, -0.15) is 4.53 Å². The van der Waals surface area contributed by atoms with Crippen LogP contribution in [0, 0.1) is 0 Å². The van der Waals surface area contributed by atoms with Gasteiger partial charge in [0, 0.05) is 12.6 Å². The third-order valence-electron chi connectivity index (χ3n) is 1.59. The zero-order valence-corrected chi connectivity index (χ0v) is 7.29. The fourth-order valence-electron chi connectivity index (χ4n) is 0.441. The van der Waals surface area contributed by atoms with Crippen LogP contribution in [-0.4, -0.2) is 17.1 Å². The Balaban J connectivity index is 3.80. The first-order chi connectivity index (χ1) is 4.04. The van der Waals surface area contributed by atoms with Gasteiger partial charge in [-0.3, -0.25) is 0 Å². The van der Waals surface area contributed by atoms with Crippen molar-refractivity contribution in [3.63, 3.8) is 0 Å². The van der Waals surface area contributed by atoms with Crippen molar-refractivity contribution in [2.45, 2.75) is 32.7 Å². The van der Waals surface area contributed by atoms with Gasteiger partial charge >= 0.3 is 0 Å². The Hall–Kier alpha value is 0.210. The summed E-state index contributed by atoms with van der Waals surface area (Å²) >= 11 is 5.78. The molecule has 0 aromatic heterocycles. The molecular formula is C6H15ClN2. The minimum Gasteiger partial charge on any atom is -0.244 e. The van der Waals surface area contributed by atoms with E-state index in [9.17, 15) is 0 Å². The third-order valence-corrected chi connectivity index (χ3v) is 2.22. The van der Waals surface area contributed by atoms with Crippen molar-refractivity contribution in [1.82, 2.24) is 9.95 Å². The summed E-state index contributed by atoms with van der Waals surface area (Å²) in [6.45, 7) is 6.26. The lowest BCUT2D eigenvalue weighted by Crippen LogP contribution is -2.43. The van der Waals surface area contributed by atoms with E-state index in [-0.39, 0.29) is 5.54 Å². The van der Waals surface area contributed by atoms with Gasteiger partial charge in [0.05, 0.1) is 0 Å². The lowest BCUT2D eigenvalue weighted by molar-refractivity contribution is 0.181. The molecule has 0 radical (unpaired) electrons. The van der Waals surface area contributed by atoms with Gasteiger partial charge in [-0.15, -0.1) is 0 Å². The first kappa shape index (κ1) is 9.21. The van der Waals surface area contributed by atoms with Crippen LogP contribution in [0.5, 0.6) is 0 Å². The number of hydrazine groups is 1. The van der Waals surface area contributed by atoms with Gasteiger partial charge in [-0.1, -0.05) is 6.92 Å². The Kier molecular flexibility index (Phi) is 3.48. The minimum atomic E-state index is 0.0380. The smallest absolute Gasteiger partial charge is 0.0459 e. The van der Waals surface area contributed by atoms with Crippen LogP contribution in [0.1, 0.15) is 27.2 Å². The molecule has 0 unspecified atom stereocenters. The van der Waals surface area contributed by atoms with Crippen LogP contribution in [0.15, 0.2) is 0 Å². The zero-order valence-electron chi connectivity index (χ0n) is 6.53. The maximum absolute atomic E-state index is 5.78. The molecule has 3 heteroatoms. The molecule has 0 spiro atoms. The van der Waals surface area contributed by atoms with Gasteiger partial charge in [-0.05, 0) is 32.0 Å². The summed E-state index contributed by atoms with van der Waals surface area (Å²) in [5.41, 5.74) is 2.89. The first-order valence-electron chi connectivity index (χ1n) is 3.18. The van der Waals surface area contributed by atoms with E-state index in [1.165, 1.54) is 0 Å². The van der Waals surface area contributed by atoms with E-state index in [0.717, 1.165) is 6.42 Å². The second-order valence-electron chi connectivity index (χ2n) is 2.67. The number of rotatable bonds is 3. The summed E-state index contributed by atoms with van der Waals surface area (Å²) in [7, 11) is 1.81. The van der Waals surface area contributed by atoms with Crippen molar-refractivity contribution >= 4 is 11.8 Å². The van der Waals surface area contributed by atoms with Crippen LogP contribution in [0.3, 0.4) is 0 Å². The van der Waals surface area contributed by atoms with Gasteiger partial charge in [0.25, 0.3) is 0 Å². The molecule has 9 heavy (non-hydrogen) atoms. The number of hydrogen-bond acceptors (Lipinski definition) is 2. The fourth-order valence-corrected chi connectivity index (χ4v) is 0.561. The first-order valence-corrected chi connectivity index (χ1v) is 3.51. The average Bonchev–Trinajstić information content (AvgIpc) is 1.86. The minimum absolute atomic E-state index is 0.0380. The summed E-state index contributed by atoms with van der Waals surface area (Å²) < 4.78 is 1.59. The maximum atomic E-state index is 5.78. The van der Waals surface area contributed by atoms with E-state index in [2.05, 4.69) is 26.2 Å². The highest BCUT2D eigenvalue weighted by molar-refractivity contribution is 6.13. The number of halogens is 1. The second kappa shape index (κ2) is 3.40. The van der Waals surface area contributed by atoms with Gasteiger partial charge in [0.15, 0.2) is 0 Å². The largest absolute Gasteiger partial charge is 0.244 e. The quantitative estimate of drug-likeness (QED) is 0.487. The third kappa shape index (κ3) is 2.52. The molecule has 0 saturated heterocycles. The lowest BCUT2D eigenvalue weighted by Gasteiger charge is -2.30. The van der Waals surface area contributed by atoms with E-state index in [1.807, 2.05) is 7.05 Å². The molecule has 0 aliphatic carbocycles. The molecule has 56 valence electrons. The zero-order chi connectivity index (χ0) is 7.49. The van der Waals surface area contributed by atoms with Crippen LogP contribution in [-0.2, 0) is 0 Å². The van der Waals surface area contributed by atoms with Crippen molar-refractivity contribution in [3.05, 3.63) is 0 Å². The molecule has 2 nitrogen and oxygen atoms in total. The van der Waals surface area contributed by atoms with E-state index in [4.69, 9.17) is 11.8 Å². The highest BCUT2D eigenvalue weighted by Gasteiger charge is 2.21. The van der Waals surface area contributed by atoms with Gasteiger partial charge in [0.1, 0.15) is 0 Å². The van der Waals surface area contributed by atoms with Gasteiger partial charge in [-0.25, -0.2) is 5.43 Å². The SMILES string of the molecule is CCC(C)(C)N(Cl)NC. The van der Waals surface area contributed by atoms with Crippen molar-refractivity contribution < 1.29 is 0 Å². The molecular weight excluding hydrogens is 136 g/mol. The molecule has 0 fully saturated rings. The van der Waals surface area contributed by atoms with E-state index >= 15 is 0 Å². The molecule has 0 saturated carbocycles. The summed E-state index contributed by atoms with van der Waals surface area (Å²) in [5.74, 6) is 0. The molecule has 0 bridgehead atoms. The normalized spacial score (nSPS) is 12.7. The van der Waals surface area contributed by atoms with Crippen molar-refractivity contribution in [1.29, 1.82) is 0 Å². The summed E-state index contributed by atoms with van der Waals surface area (Å²) in [5, 5.41) is 0. The van der Waals surface area contributed by atoms with Gasteiger partial charge in [0.2, 0.25) is 0 Å². The van der Waals surface area contributed by atoms with E-state index in [1.54, 1.807) is 4.53 Å². The topological polar surface area (TPSA) is 15.3 Å². The summed E-state index contributed by atoms with van der Waals surface area (Å²) in [6.07, 6.45) is 1.03. The molecule has 1 N–H and O–H groups in total. The van der Waals surface area contributed by atoms with Crippen molar-refractivity contribution in [2.24, 2.45) is 0 Å². The Labute approximate surface area is 62.3 Å². The average molecular weight is 151 g/mol. The Bertz CT molecular complexity index is 83.1.